The molecule has 3 rings (SSSR count). The quantitative estimate of drug-likeness (QED) is 0.642. The van der Waals surface area contributed by atoms with Crippen LogP contribution < -0.4 is 0 Å². The monoisotopic (exact) mass is 318 g/mol. The summed E-state index contributed by atoms with van der Waals surface area (Å²) in [6, 6.07) is 18.8. The molecule has 4 heteroatoms. The maximum absolute atomic E-state index is 12.6. The molecule has 0 saturated carbocycles. The zero-order chi connectivity index (χ0) is 16.9. The summed E-state index contributed by atoms with van der Waals surface area (Å²) in [6.07, 6.45) is 1.87. The van der Waals surface area contributed by atoms with Gasteiger partial charge in [-0.15, -0.1) is 0 Å². The van der Waals surface area contributed by atoms with E-state index < -0.39 is 11.7 Å². The minimum Gasteiger partial charge on any atom is -0.341 e. The first-order valence-electron chi connectivity index (χ1n) is 8.09. The van der Waals surface area contributed by atoms with Gasteiger partial charge in [-0.25, -0.2) is 0 Å². The van der Waals surface area contributed by atoms with E-state index in [-0.39, 0.29) is 5.91 Å². The number of hydrogen-bond acceptors (Lipinski definition) is 3. The molecule has 0 aliphatic carbocycles. The van der Waals surface area contributed by atoms with Crippen molar-refractivity contribution in [3.63, 3.8) is 0 Å². The van der Waals surface area contributed by atoms with E-state index in [1.807, 2.05) is 48.5 Å². The highest BCUT2D eigenvalue weighted by molar-refractivity contribution is 6.12. The third-order valence-corrected chi connectivity index (χ3v) is 4.33. The van der Waals surface area contributed by atoms with Crippen molar-refractivity contribution in [3.8, 4) is 17.2 Å². The van der Waals surface area contributed by atoms with E-state index in [1.165, 1.54) is 0 Å². The van der Waals surface area contributed by atoms with Crippen LogP contribution in [0.4, 0.5) is 0 Å². The lowest BCUT2D eigenvalue weighted by Gasteiger charge is -2.18. The van der Waals surface area contributed by atoms with Gasteiger partial charge in [0.1, 0.15) is 0 Å². The Balaban J connectivity index is 1.79. The SMILES string of the molecule is N#CC(C(=O)c1ccc(-c2ccccc2)cc1)C(=O)N1CCCC1. The second-order valence-electron chi connectivity index (χ2n) is 5.90. The Labute approximate surface area is 141 Å². The lowest BCUT2D eigenvalue weighted by atomic mass is 9.95. The molecule has 1 atom stereocenters. The van der Waals surface area contributed by atoms with Crippen LogP contribution in [0.25, 0.3) is 11.1 Å². The first-order valence-corrected chi connectivity index (χ1v) is 8.09. The first kappa shape index (κ1) is 15.9. The standard InChI is InChI=1S/C20H18N2O2/c21-14-18(20(24)22-12-4-5-13-22)19(23)17-10-8-16(9-11-17)15-6-2-1-3-7-15/h1-3,6-11,18H,4-5,12-13H2. The van der Waals surface area contributed by atoms with Gasteiger partial charge in [0.2, 0.25) is 5.91 Å². The van der Waals surface area contributed by atoms with E-state index in [1.54, 1.807) is 17.0 Å². The number of likely N-dealkylation sites (tertiary alicyclic amines) is 1. The van der Waals surface area contributed by atoms with E-state index in [4.69, 9.17) is 0 Å². The minimum absolute atomic E-state index is 0.368. The topological polar surface area (TPSA) is 61.2 Å². The number of nitriles is 1. The highest BCUT2D eigenvalue weighted by atomic mass is 16.2. The molecule has 1 heterocycles. The maximum atomic E-state index is 12.6. The highest BCUT2D eigenvalue weighted by Gasteiger charge is 2.32. The fraction of sp³-hybridized carbons (Fsp3) is 0.250. The second kappa shape index (κ2) is 7.10. The molecule has 0 radical (unpaired) electrons. The lowest BCUT2D eigenvalue weighted by Crippen LogP contribution is -2.37. The molecule has 0 aromatic heterocycles. The number of amides is 1. The average Bonchev–Trinajstić information content (AvgIpc) is 3.18. The number of Topliss-reactive ketones (excluding diaryl/α,β-unsaturated/α-hetero) is 1. The summed E-state index contributed by atoms with van der Waals surface area (Å²) in [6.45, 7) is 1.27. The van der Waals surface area contributed by atoms with Crippen molar-refractivity contribution in [2.75, 3.05) is 13.1 Å². The molecule has 120 valence electrons. The third kappa shape index (κ3) is 3.21. The summed E-state index contributed by atoms with van der Waals surface area (Å²) in [5, 5.41) is 9.30. The van der Waals surface area contributed by atoms with Crippen molar-refractivity contribution >= 4 is 11.7 Å². The van der Waals surface area contributed by atoms with Gasteiger partial charge < -0.3 is 4.90 Å². The van der Waals surface area contributed by atoms with Gasteiger partial charge in [-0.1, -0.05) is 54.6 Å². The molecule has 24 heavy (non-hydrogen) atoms. The van der Waals surface area contributed by atoms with Gasteiger partial charge in [0.25, 0.3) is 0 Å². The van der Waals surface area contributed by atoms with Crippen LogP contribution in [-0.4, -0.2) is 29.7 Å². The zero-order valence-electron chi connectivity index (χ0n) is 13.3. The Morgan fingerprint density at radius 1 is 0.917 bits per heavy atom. The summed E-state index contributed by atoms with van der Waals surface area (Å²) < 4.78 is 0. The van der Waals surface area contributed by atoms with Crippen molar-refractivity contribution in [2.24, 2.45) is 5.92 Å². The molecule has 1 saturated heterocycles. The molecule has 1 amide bonds. The van der Waals surface area contributed by atoms with E-state index in [9.17, 15) is 14.9 Å². The largest absolute Gasteiger partial charge is 0.341 e. The first-order chi connectivity index (χ1) is 11.7. The molecular formula is C20H18N2O2. The number of ketones is 1. The smallest absolute Gasteiger partial charge is 0.247 e. The van der Waals surface area contributed by atoms with Gasteiger partial charge in [-0.2, -0.15) is 5.26 Å². The van der Waals surface area contributed by atoms with Crippen LogP contribution in [0.15, 0.2) is 54.6 Å². The lowest BCUT2D eigenvalue weighted by molar-refractivity contribution is -0.131. The fourth-order valence-electron chi connectivity index (χ4n) is 2.97. The number of rotatable bonds is 4. The number of carbonyl (C=O) groups is 2. The van der Waals surface area contributed by atoms with Crippen molar-refractivity contribution in [1.29, 1.82) is 5.26 Å². The van der Waals surface area contributed by atoms with Gasteiger partial charge >= 0.3 is 0 Å². The second-order valence-corrected chi connectivity index (χ2v) is 5.90. The number of carbonyl (C=O) groups excluding carboxylic acids is 2. The summed E-state index contributed by atoms with van der Waals surface area (Å²) in [4.78, 5) is 26.5. The molecule has 1 aliphatic rings. The Morgan fingerprint density at radius 2 is 1.50 bits per heavy atom. The Kier molecular flexibility index (Phi) is 4.72. The van der Waals surface area contributed by atoms with Crippen LogP contribution in [0.1, 0.15) is 23.2 Å². The summed E-state index contributed by atoms with van der Waals surface area (Å²) in [5.74, 6) is -2.04. The highest BCUT2D eigenvalue weighted by Crippen LogP contribution is 2.21. The zero-order valence-corrected chi connectivity index (χ0v) is 13.3. The van der Waals surface area contributed by atoms with Crippen molar-refractivity contribution in [2.45, 2.75) is 12.8 Å². The predicted octanol–water partition coefficient (Wildman–Crippen LogP) is 3.30. The molecule has 1 fully saturated rings. The van der Waals surface area contributed by atoms with Gasteiger partial charge in [0.15, 0.2) is 11.7 Å². The molecular weight excluding hydrogens is 300 g/mol. The Bertz CT molecular complexity index is 770. The molecule has 0 N–H and O–H groups in total. The van der Waals surface area contributed by atoms with Crippen molar-refractivity contribution < 1.29 is 9.59 Å². The van der Waals surface area contributed by atoms with E-state index in [2.05, 4.69) is 0 Å². The van der Waals surface area contributed by atoms with Crippen LogP contribution in [-0.2, 0) is 4.79 Å². The molecule has 0 spiro atoms. The van der Waals surface area contributed by atoms with Gasteiger partial charge in [-0.05, 0) is 24.0 Å². The van der Waals surface area contributed by atoms with Crippen molar-refractivity contribution in [3.05, 3.63) is 60.2 Å². The third-order valence-electron chi connectivity index (χ3n) is 4.33. The number of nitrogens with zero attached hydrogens (tertiary/aromatic N) is 2. The molecule has 1 aliphatic heterocycles. The molecule has 1 unspecified atom stereocenters. The summed E-state index contributed by atoms with van der Waals surface area (Å²) in [7, 11) is 0. The average molecular weight is 318 g/mol. The Hall–Kier alpha value is -2.93. The van der Waals surface area contributed by atoms with E-state index in [0.717, 1.165) is 24.0 Å². The van der Waals surface area contributed by atoms with Crippen LogP contribution in [0.3, 0.4) is 0 Å². The minimum atomic E-state index is -1.24. The summed E-state index contributed by atoms with van der Waals surface area (Å²) >= 11 is 0. The summed E-state index contributed by atoms with van der Waals surface area (Å²) in [5.41, 5.74) is 2.45. The fourth-order valence-corrected chi connectivity index (χ4v) is 2.97. The molecule has 2 aromatic carbocycles. The van der Waals surface area contributed by atoms with Crippen molar-refractivity contribution in [1.82, 2.24) is 4.90 Å². The van der Waals surface area contributed by atoms with E-state index in [0.29, 0.717) is 18.7 Å². The molecule has 0 bridgehead atoms. The van der Waals surface area contributed by atoms with E-state index >= 15 is 0 Å². The number of benzene rings is 2. The van der Waals surface area contributed by atoms with Crippen LogP contribution in [0.2, 0.25) is 0 Å². The molecule has 2 aromatic rings. The van der Waals surface area contributed by atoms with Crippen LogP contribution >= 0.6 is 0 Å². The van der Waals surface area contributed by atoms with Gasteiger partial charge in [0.05, 0.1) is 6.07 Å². The normalized spacial score (nSPS) is 14.9. The Morgan fingerprint density at radius 3 is 2.08 bits per heavy atom. The van der Waals surface area contributed by atoms with Crippen LogP contribution in [0, 0.1) is 17.2 Å². The van der Waals surface area contributed by atoms with Crippen LogP contribution in [0.5, 0.6) is 0 Å². The predicted molar refractivity (Wildman–Crippen MR) is 91.1 cm³/mol. The number of hydrogen-bond donors (Lipinski definition) is 0. The molecule has 4 nitrogen and oxygen atoms in total. The van der Waals surface area contributed by atoms with Gasteiger partial charge in [-0.3, -0.25) is 9.59 Å². The van der Waals surface area contributed by atoms with Gasteiger partial charge in [0, 0.05) is 18.7 Å². The maximum Gasteiger partial charge on any atom is 0.247 e.